The van der Waals surface area contributed by atoms with Gasteiger partial charge in [-0.25, -0.2) is 4.79 Å². The molecule has 0 aliphatic heterocycles. The summed E-state index contributed by atoms with van der Waals surface area (Å²) in [4.78, 5) is 10.7. The van der Waals surface area contributed by atoms with Crippen LogP contribution in [-0.4, -0.2) is 42.7 Å². The van der Waals surface area contributed by atoms with Crippen molar-refractivity contribution in [3.05, 3.63) is 12.2 Å². The van der Waals surface area contributed by atoms with E-state index in [1.54, 1.807) is 28.3 Å². The van der Waals surface area contributed by atoms with Crippen LogP contribution in [0.3, 0.4) is 0 Å². The van der Waals surface area contributed by atoms with Crippen LogP contribution >= 0.6 is 0 Å². The molecular weight excluding hydrogens is 264 g/mol. The van der Waals surface area contributed by atoms with Crippen LogP contribution in [0.5, 0.6) is 0 Å². The average Bonchev–Trinajstić information content (AvgIpc) is 2.43. The van der Waals surface area contributed by atoms with E-state index in [1.165, 1.54) is 0 Å². The summed E-state index contributed by atoms with van der Waals surface area (Å²) < 4.78 is 20.0. The molecule has 6 heteroatoms. The fourth-order valence-electron chi connectivity index (χ4n) is 1.12. The largest absolute Gasteiger partial charge is 0.499 e. The van der Waals surface area contributed by atoms with Gasteiger partial charge in [0.2, 0.25) is 0 Å². The lowest BCUT2D eigenvalue weighted by Crippen LogP contribution is -2.41. The van der Waals surface area contributed by atoms with E-state index < -0.39 is 8.80 Å². The van der Waals surface area contributed by atoms with Gasteiger partial charge in [0, 0.05) is 32.9 Å². The Morgan fingerprint density at radius 2 is 1.58 bits per heavy atom. The maximum absolute atomic E-state index is 10.7. The van der Waals surface area contributed by atoms with E-state index >= 15 is 0 Å². The first-order valence-electron chi connectivity index (χ1n) is 6.41. The summed E-state index contributed by atoms with van der Waals surface area (Å²) in [7, 11) is 2.65. The highest BCUT2D eigenvalue weighted by atomic mass is 28.4. The first-order chi connectivity index (χ1) is 8.92. The van der Waals surface area contributed by atoms with Crippen molar-refractivity contribution in [1.82, 2.24) is 0 Å². The molecule has 0 saturated carbocycles. The Kier molecular flexibility index (Phi) is 13.4. The van der Waals surface area contributed by atoms with Gasteiger partial charge in [0.15, 0.2) is 0 Å². The molecular formula is C13H28O5Si. The van der Waals surface area contributed by atoms with Crippen molar-refractivity contribution < 1.29 is 22.8 Å². The highest BCUT2D eigenvalue weighted by Crippen LogP contribution is 2.10. The van der Waals surface area contributed by atoms with Crippen LogP contribution in [0, 0.1) is 0 Å². The predicted molar refractivity (Wildman–Crippen MR) is 77.9 cm³/mol. The summed E-state index contributed by atoms with van der Waals surface area (Å²) in [5, 5.41) is 0. The number of carbonyl (C=O) groups is 1. The van der Waals surface area contributed by atoms with E-state index in [-0.39, 0.29) is 5.97 Å². The van der Waals surface area contributed by atoms with E-state index in [0.29, 0.717) is 12.2 Å². The molecule has 0 bridgehead atoms. The minimum Gasteiger partial charge on any atom is -0.462 e. The summed E-state index contributed by atoms with van der Waals surface area (Å²) in [5.41, 5.74) is 0.469. The molecule has 0 unspecified atom stereocenters. The second-order valence-corrected chi connectivity index (χ2v) is 7.22. The van der Waals surface area contributed by atoms with E-state index in [1.807, 2.05) is 6.92 Å². The highest BCUT2D eigenvalue weighted by Gasteiger charge is 2.34. The third kappa shape index (κ3) is 9.83. The molecule has 5 nitrogen and oxygen atoms in total. The monoisotopic (exact) mass is 292 g/mol. The predicted octanol–water partition coefficient (Wildman–Crippen LogP) is 2.79. The van der Waals surface area contributed by atoms with Gasteiger partial charge in [0.25, 0.3) is 0 Å². The molecule has 0 aromatic rings. The van der Waals surface area contributed by atoms with Crippen molar-refractivity contribution >= 4 is 14.8 Å². The second kappa shape index (κ2) is 12.3. The van der Waals surface area contributed by atoms with Gasteiger partial charge < -0.3 is 18.0 Å². The van der Waals surface area contributed by atoms with Gasteiger partial charge >= 0.3 is 14.8 Å². The number of ether oxygens (including phenoxy) is 1. The molecule has 114 valence electrons. The van der Waals surface area contributed by atoms with Gasteiger partial charge in [-0.05, 0) is 13.3 Å². The van der Waals surface area contributed by atoms with Crippen LogP contribution < -0.4 is 0 Å². The maximum atomic E-state index is 10.7. The topological polar surface area (TPSA) is 54.0 Å². The van der Waals surface area contributed by atoms with Crippen LogP contribution in [-0.2, 0) is 22.8 Å². The number of carbonyl (C=O) groups excluding carboxylic acids is 1. The molecule has 0 atom stereocenters. The first-order valence-corrected chi connectivity index (χ1v) is 8.34. The zero-order valence-electron chi connectivity index (χ0n) is 13.1. The van der Waals surface area contributed by atoms with Crippen LogP contribution in [0.25, 0.3) is 0 Å². The zero-order chi connectivity index (χ0) is 15.3. The molecule has 0 radical (unpaired) electrons. The van der Waals surface area contributed by atoms with Gasteiger partial charge in [-0.3, -0.25) is 0 Å². The van der Waals surface area contributed by atoms with Crippen molar-refractivity contribution in [3.8, 4) is 0 Å². The van der Waals surface area contributed by atoms with Gasteiger partial charge in [0.1, 0.15) is 0 Å². The molecule has 19 heavy (non-hydrogen) atoms. The molecule has 0 aromatic heterocycles. The lowest BCUT2D eigenvalue weighted by molar-refractivity contribution is -0.139. The zero-order valence-corrected chi connectivity index (χ0v) is 14.1. The molecule has 0 fully saturated rings. The maximum Gasteiger partial charge on any atom is 0.499 e. The molecule has 0 spiro atoms. The van der Waals surface area contributed by atoms with Gasteiger partial charge in [-0.2, -0.15) is 0 Å². The first kappa shape index (κ1) is 20.6. The van der Waals surface area contributed by atoms with E-state index in [0.717, 1.165) is 18.9 Å². The van der Waals surface area contributed by atoms with E-state index in [9.17, 15) is 4.79 Å². The smallest absolute Gasteiger partial charge is 0.462 e. The van der Waals surface area contributed by atoms with Crippen molar-refractivity contribution in [1.29, 1.82) is 0 Å². The van der Waals surface area contributed by atoms with Gasteiger partial charge in [-0.1, -0.05) is 26.8 Å². The molecule has 0 heterocycles. The molecule has 0 N–H and O–H groups in total. The number of hydrogen-bond acceptors (Lipinski definition) is 5. The Hall–Kier alpha value is -0.693. The highest BCUT2D eigenvalue weighted by molar-refractivity contribution is 6.60. The Morgan fingerprint density at radius 1 is 1.11 bits per heavy atom. The van der Waals surface area contributed by atoms with Crippen molar-refractivity contribution in [3.63, 3.8) is 0 Å². The molecule has 0 rings (SSSR count). The SMILES string of the molecule is C=C(C)C(=O)OCCCC.CC[Si](OC)(OC)OC. The normalized spacial score (nSPS) is 10.4. The van der Waals surface area contributed by atoms with Crippen molar-refractivity contribution in [2.24, 2.45) is 0 Å². The Bertz CT molecular complexity index is 234. The molecule has 0 amide bonds. The standard InChI is InChI=1S/C8H14O2.C5H14O3Si/c1-4-5-6-10-8(9)7(2)3;1-5-9(6-2,7-3)8-4/h2,4-6H2,1,3H3;5H2,1-4H3. The quantitative estimate of drug-likeness (QED) is 0.298. The van der Waals surface area contributed by atoms with Gasteiger partial charge in [-0.15, -0.1) is 0 Å². The van der Waals surface area contributed by atoms with E-state index in [4.69, 9.17) is 18.0 Å². The summed E-state index contributed by atoms with van der Waals surface area (Å²) in [6.45, 7) is 9.66. The third-order valence-electron chi connectivity index (χ3n) is 2.45. The number of unbranched alkanes of at least 4 members (excludes halogenated alkanes) is 1. The summed E-state index contributed by atoms with van der Waals surface area (Å²) in [6, 6.07) is 0.816. The van der Waals surface area contributed by atoms with Crippen LogP contribution in [0.2, 0.25) is 6.04 Å². The molecule has 0 saturated heterocycles. The fraction of sp³-hybridized carbons (Fsp3) is 0.769. The van der Waals surface area contributed by atoms with Crippen LogP contribution in [0.15, 0.2) is 12.2 Å². The third-order valence-corrected chi connectivity index (χ3v) is 5.18. The van der Waals surface area contributed by atoms with Crippen molar-refractivity contribution in [2.45, 2.75) is 39.7 Å². The minimum absolute atomic E-state index is 0.284. The lowest BCUT2D eigenvalue weighted by atomic mass is 10.3. The summed E-state index contributed by atoms with van der Waals surface area (Å²) in [6.07, 6.45) is 1.97. The lowest BCUT2D eigenvalue weighted by Gasteiger charge is -2.22. The number of rotatable bonds is 8. The summed E-state index contributed by atoms with van der Waals surface area (Å²) >= 11 is 0. The second-order valence-electron chi connectivity index (χ2n) is 3.92. The molecule has 0 aliphatic rings. The molecule has 0 aliphatic carbocycles. The minimum atomic E-state index is -2.19. The van der Waals surface area contributed by atoms with Crippen LogP contribution in [0.1, 0.15) is 33.6 Å². The number of hydrogen-bond donors (Lipinski definition) is 0. The summed E-state index contributed by atoms with van der Waals surface area (Å²) in [5.74, 6) is -0.284. The Labute approximate surface area is 118 Å². The average molecular weight is 292 g/mol. The van der Waals surface area contributed by atoms with E-state index in [2.05, 4.69) is 13.5 Å². The van der Waals surface area contributed by atoms with Crippen molar-refractivity contribution in [2.75, 3.05) is 27.9 Å². The fourth-order valence-corrected chi connectivity index (χ4v) is 2.48. The number of esters is 1. The Balaban J connectivity index is 0. The van der Waals surface area contributed by atoms with Crippen LogP contribution in [0.4, 0.5) is 0 Å². The van der Waals surface area contributed by atoms with Gasteiger partial charge in [0.05, 0.1) is 6.61 Å². The Morgan fingerprint density at radius 3 is 1.79 bits per heavy atom. The molecule has 0 aromatic carbocycles.